The van der Waals surface area contributed by atoms with Gasteiger partial charge in [0.2, 0.25) is 0 Å². The van der Waals surface area contributed by atoms with Crippen LogP contribution in [0.2, 0.25) is 0 Å². The maximum atomic E-state index is 13.1. The van der Waals surface area contributed by atoms with Crippen molar-refractivity contribution in [2.75, 3.05) is 83.1 Å². The molecule has 5 aromatic rings. The molecule has 2 aliphatic rings. The number of fused-ring (bicyclic) bond motifs is 2. The lowest BCUT2D eigenvalue weighted by molar-refractivity contribution is -0.142. The van der Waals surface area contributed by atoms with E-state index in [2.05, 4.69) is 30.0 Å². The molecule has 10 nitrogen and oxygen atoms in total. The number of hydrogen-bond donors (Lipinski definition) is 1. The molecule has 2 aromatic heterocycles. The van der Waals surface area contributed by atoms with Crippen molar-refractivity contribution in [2.24, 2.45) is 0 Å². The van der Waals surface area contributed by atoms with Gasteiger partial charge in [-0.15, -0.1) is 0 Å². The molecule has 0 spiro atoms. The van der Waals surface area contributed by atoms with Crippen LogP contribution in [0.1, 0.15) is 29.2 Å². The largest absolute Gasteiger partial charge is 0.466 e. The summed E-state index contributed by atoms with van der Waals surface area (Å²) in [5.41, 5.74) is 1.89. The Kier molecular flexibility index (Phi) is 13.9. The van der Waals surface area contributed by atoms with Gasteiger partial charge in [0.15, 0.2) is 10.3 Å². The molecule has 2 aliphatic heterocycles. The van der Waals surface area contributed by atoms with Gasteiger partial charge in [-0.05, 0) is 54.4 Å². The number of piperazine rings is 2. The van der Waals surface area contributed by atoms with E-state index in [9.17, 15) is 31.1 Å². The van der Waals surface area contributed by atoms with Crippen LogP contribution in [0.25, 0.3) is 20.4 Å². The monoisotopic (exact) mass is 838 g/mol. The number of esters is 1. The van der Waals surface area contributed by atoms with E-state index < -0.39 is 23.5 Å². The van der Waals surface area contributed by atoms with Gasteiger partial charge < -0.3 is 29.3 Å². The van der Waals surface area contributed by atoms with E-state index in [1.165, 1.54) is 46.9 Å². The molecular weight excluding hydrogens is 795 g/mol. The Morgan fingerprint density at radius 3 is 1.95 bits per heavy atom. The number of halogens is 6. The van der Waals surface area contributed by atoms with Crippen molar-refractivity contribution in [3.63, 3.8) is 0 Å². The highest BCUT2D eigenvalue weighted by atomic mass is 32.1. The highest BCUT2D eigenvalue weighted by Gasteiger charge is 2.33. The summed E-state index contributed by atoms with van der Waals surface area (Å²) in [6, 6.07) is 15.5. The van der Waals surface area contributed by atoms with Gasteiger partial charge in [0.1, 0.15) is 0 Å². The number of hydrogen-bond acceptors (Lipinski definition) is 12. The van der Waals surface area contributed by atoms with Crippen molar-refractivity contribution in [2.45, 2.75) is 44.3 Å². The Balaban J connectivity index is 0.000000214. The van der Waals surface area contributed by atoms with Crippen molar-refractivity contribution in [1.82, 2.24) is 20.2 Å². The van der Waals surface area contributed by atoms with Crippen molar-refractivity contribution in [1.29, 1.82) is 0 Å². The molecule has 0 unspecified atom stereocenters. The molecule has 2 saturated heterocycles. The number of methoxy groups -OCH3 is 2. The summed E-state index contributed by atoms with van der Waals surface area (Å²) in [6.07, 6.45) is -8.46. The second kappa shape index (κ2) is 18.7. The predicted molar refractivity (Wildman–Crippen MR) is 210 cm³/mol. The number of thiazole rings is 2. The first-order chi connectivity index (χ1) is 27.2. The van der Waals surface area contributed by atoms with Gasteiger partial charge in [-0.3, -0.25) is 9.69 Å². The highest BCUT2D eigenvalue weighted by Crippen LogP contribution is 2.38. The van der Waals surface area contributed by atoms with Gasteiger partial charge in [-0.2, -0.15) is 26.3 Å². The van der Waals surface area contributed by atoms with Gasteiger partial charge in [0, 0.05) is 60.0 Å². The second-order valence-electron chi connectivity index (χ2n) is 13.7. The van der Waals surface area contributed by atoms with Crippen LogP contribution >= 0.6 is 22.7 Å². The standard InChI is InChI=1S/C25H28F3N3O3S.C14H16F3N3OS/c1-3-34-23(32)12-17-5-4-6-18(11-17)14-30-9-10-31(20(15-30)16-33-2)24-29-21-8-7-19(25(26,27)28)13-22(21)35-24;1-21-8-10-7-18-4-5-20(10)13-19-11-3-2-9(14(15,16)17)6-12(11)22-13/h4-8,11,13,20H,3,9-10,12,14-16H2,1-2H3;2-3,6,10,18H,4-5,7-8H2,1H3/t20-;10-/m00/s1. The Morgan fingerprint density at radius 1 is 0.789 bits per heavy atom. The minimum Gasteiger partial charge on any atom is -0.466 e. The molecule has 0 amide bonds. The maximum absolute atomic E-state index is 13.1. The molecule has 308 valence electrons. The third kappa shape index (κ3) is 10.9. The number of alkyl halides is 6. The molecule has 2 atom stereocenters. The van der Waals surface area contributed by atoms with Crippen LogP contribution in [0.15, 0.2) is 60.7 Å². The van der Waals surface area contributed by atoms with Crippen molar-refractivity contribution < 1.29 is 45.3 Å². The Morgan fingerprint density at radius 2 is 1.37 bits per heavy atom. The normalized spacial score (nSPS) is 18.2. The molecule has 7 rings (SSSR count). The van der Waals surface area contributed by atoms with Gasteiger partial charge in [-0.25, -0.2) is 9.97 Å². The van der Waals surface area contributed by atoms with Crippen LogP contribution in [-0.2, 0) is 44.3 Å². The fraction of sp³-hybridized carbons (Fsp3) is 0.462. The second-order valence-corrected chi connectivity index (χ2v) is 15.7. The van der Waals surface area contributed by atoms with Crippen molar-refractivity contribution >= 4 is 59.3 Å². The Hall–Kier alpha value is -4.07. The van der Waals surface area contributed by atoms with Gasteiger partial charge >= 0.3 is 18.3 Å². The molecule has 18 heteroatoms. The fourth-order valence-corrected chi connectivity index (χ4v) is 9.11. The van der Waals surface area contributed by atoms with E-state index in [4.69, 9.17) is 14.2 Å². The van der Waals surface area contributed by atoms with Crippen LogP contribution in [-0.4, -0.2) is 106 Å². The molecule has 4 heterocycles. The first-order valence-corrected chi connectivity index (χ1v) is 20.0. The van der Waals surface area contributed by atoms with E-state index in [0.29, 0.717) is 51.9 Å². The van der Waals surface area contributed by atoms with Crippen LogP contribution in [0.5, 0.6) is 0 Å². The quantitative estimate of drug-likeness (QED) is 0.107. The number of carbonyl (C=O) groups is 1. The summed E-state index contributed by atoms with van der Waals surface area (Å²) in [5.74, 6) is -0.239. The summed E-state index contributed by atoms with van der Waals surface area (Å²) in [7, 11) is 3.28. The van der Waals surface area contributed by atoms with Gasteiger partial charge in [-0.1, -0.05) is 46.9 Å². The third-order valence-corrected chi connectivity index (χ3v) is 11.7. The average molecular weight is 839 g/mol. The molecule has 0 radical (unpaired) electrons. The molecule has 0 saturated carbocycles. The number of anilines is 2. The van der Waals surface area contributed by atoms with Crippen LogP contribution in [0.3, 0.4) is 0 Å². The maximum Gasteiger partial charge on any atom is 0.416 e. The summed E-state index contributed by atoms with van der Waals surface area (Å²) in [5, 5.41) is 4.74. The average Bonchev–Trinajstić information content (AvgIpc) is 3.79. The Labute approximate surface area is 334 Å². The summed E-state index contributed by atoms with van der Waals surface area (Å²) < 4.78 is 94.5. The Bertz CT molecular complexity index is 2110. The smallest absolute Gasteiger partial charge is 0.416 e. The number of aromatic nitrogens is 2. The SMILES string of the molecule is CCOC(=O)Cc1cccc(CN2CCN(c3nc4ccc(C(F)(F)F)cc4s3)[C@H](COC)C2)c1.COC[C@@H]1CNCCN1c1nc2ccc(C(F)(F)F)cc2s1. The lowest BCUT2D eigenvalue weighted by Gasteiger charge is -2.41. The number of nitrogens with zero attached hydrogens (tertiary/aromatic N) is 5. The van der Waals surface area contributed by atoms with Gasteiger partial charge in [0.25, 0.3) is 0 Å². The van der Waals surface area contributed by atoms with Crippen LogP contribution < -0.4 is 15.1 Å². The third-order valence-electron chi connectivity index (χ3n) is 9.59. The number of benzene rings is 3. The zero-order valence-electron chi connectivity index (χ0n) is 31.7. The van der Waals surface area contributed by atoms with Crippen molar-refractivity contribution in [3.05, 3.63) is 82.9 Å². The fourth-order valence-electron chi connectivity index (χ4n) is 6.90. The molecule has 2 fully saturated rings. The van der Waals surface area contributed by atoms with Gasteiger partial charge in [0.05, 0.1) is 69.9 Å². The summed E-state index contributed by atoms with van der Waals surface area (Å²) >= 11 is 2.57. The molecule has 3 aromatic carbocycles. The first kappa shape index (κ1) is 42.5. The lowest BCUT2D eigenvalue weighted by Crippen LogP contribution is -2.54. The van der Waals surface area contributed by atoms with E-state index in [1.54, 1.807) is 21.1 Å². The first-order valence-electron chi connectivity index (χ1n) is 18.4. The minimum absolute atomic E-state index is 0.0131. The molecule has 0 aliphatic carbocycles. The highest BCUT2D eigenvalue weighted by molar-refractivity contribution is 7.22. The lowest BCUT2D eigenvalue weighted by atomic mass is 10.1. The molecular formula is C39H44F6N6O4S2. The van der Waals surface area contributed by atoms with E-state index in [-0.39, 0.29) is 24.5 Å². The molecule has 1 N–H and O–H groups in total. The number of nitrogens with one attached hydrogen (secondary N) is 1. The van der Waals surface area contributed by atoms with Crippen LogP contribution in [0, 0.1) is 0 Å². The summed E-state index contributed by atoms with van der Waals surface area (Å²) in [4.78, 5) is 27.5. The number of ether oxygens (including phenoxy) is 3. The molecule has 0 bridgehead atoms. The van der Waals surface area contributed by atoms with Crippen molar-refractivity contribution in [3.8, 4) is 0 Å². The molecule has 57 heavy (non-hydrogen) atoms. The zero-order chi connectivity index (χ0) is 40.7. The number of rotatable bonds is 11. The zero-order valence-corrected chi connectivity index (χ0v) is 33.3. The van der Waals surface area contributed by atoms with E-state index >= 15 is 0 Å². The minimum atomic E-state index is -4.38. The van der Waals surface area contributed by atoms with Crippen LogP contribution in [0.4, 0.5) is 36.6 Å². The van der Waals surface area contributed by atoms with E-state index in [0.717, 1.165) is 67.7 Å². The number of carbonyl (C=O) groups excluding carboxylic acids is 1. The summed E-state index contributed by atoms with van der Waals surface area (Å²) in [6.45, 7) is 8.44. The predicted octanol–water partition coefficient (Wildman–Crippen LogP) is 7.50. The van der Waals surface area contributed by atoms with E-state index in [1.807, 2.05) is 24.3 Å². The topological polar surface area (TPSA) is 92.3 Å².